The minimum atomic E-state index is -4.75. The topological polar surface area (TPSA) is 98.3 Å². The van der Waals surface area contributed by atoms with E-state index in [0.717, 1.165) is 16.9 Å². The molecule has 13 heteroatoms. The van der Waals surface area contributed by atoms with Crippen molar-refractivity contribution in [3.8, 4) is 34.0 Å². The summed E-state index contributed by atoms with van der Waals surface area (Å²) in [5, 5.41) is 20.8. The molecule has 0 amide bonds. The van der Waals surface area contributed by atoms with Gasteiger partial charge in [-0.3, -0.25) is 4.68 Å². The second kappa shape index (κ2) is 7.76. The lowest BCUT2D eigenvalue weighted by molar-refractivity contribution is -0.144. The van der Waals surface area contributed by atoms with Gasteiger partial charge in [-0.1, -0.05) is 36.7 Å². The number of tetrazole rings is 1. The minimum absolute atomic E-state index is 0.0138. The maximum atomic E-state index is 14.6. The molecule has 0 aliphatic rings. The molecule has 4 aromatic rings. The Hall–Kier alpha value is -3.28. The number of aromatic amines is 1. The highest BCUT2D eigenvalue weighted by molar-refractivity contribution is 6.33. The van der Waals surface area contributed by atoms with Crippen molar-refractivity contribution in [2.45, 2.75) is 26.6 Å². The SMILES string of the molecule is CC(C)Cn1ncc(-c2onc(-c3c(F)cccc3Cl)c2-c2nnn[nH]2)c1C(F)(F)F. The zero-order valence-electron chi connectivity index (χ0n) is 16.1. The van der Waals surface area contributed by atoms with Gasteiger partial charge in [-0.15, -0.1) is 5.10 Å². The third-order valence-corrected chi connectivity index (χ3v) is 4.68. The highest BCUT2D eigenvalue weighted by Gasteiger charge is 2.41. The van der Waals surface area contributed by atoms with E-state index >= 15 is 0 Å². The molecule has 0 fully saturated rings. The predicted octanol–water partition coefficient (Wildman–Crippen LogP) is 4.85. The number of aromatic nitrogens is 7. The van der Waals surface area contributed by atoms with Gasteiger partial charge in [-0.25, -0.2) is 9.49 Å². The van der Waals surface area contributed by atoms with Crippen molar-refractivity contribution in [3.05, 3.63) is 40.9 Å². The van der Waals surface area contributed by atoms with Crippen LogP contribution >= 0.6 is 11.6 Å². The Morgan fingerprint density at radius 2 is 2.00 bits per heavy atom. The molecule has 0 spiro atoms. The Morgan fingerprint density at radius 1 is 1.23 bits per heavy atom. The molecule has 31 heavy (non-hydrogen) atoms. The third-order valence-electron chi connectivity index (χ3n) is 4.36. The van der Waals surface area contributed by atoms with Crippen LogP contribution in [0.2, 0.25) is 5.02 Å². The van der Waals surface area contributed by atoms with Crippen LogP contribution in [0.3, 0.4) is 0 Å². The third kappa shape index (κ3) is 3.78. The first-order valence-electron chi connectivity index (χ1n) is 9.00. The van der Waals surface area contributed by atoms with Gasteiger partial charge in [0.2, 0.25) is 0 Å². The summed E-state index contributed by atoms with van der Waals surface area (Å²) in [5.74, 6) is -1.24. The van der Waals surface area contributed by atoms with Crippen molar-refractivity contribution in [2.75, 3.05) is 0 Å². The molecule has 0 saturated carbocycles. The van der Waals surface area contributed by atoms with Crippen molar-refractivity contribution >= 4 is 11.6 Å². The van der Waals surface area contributed by atoms with E-state index in [-0.39, 0.29) is 51.5 Å². The molecule has 0 aliphatic carbocycles. The number of halogens is 5. The summed E-state index contributed by atoms with van der Waals surface area (Å²) in [4.78, 5) is 0. The first-order valence-corrected chi connectivity index (χ1v) is 9.37. The van der Waals surface area contributed by atoms with E-state index in [1.165, 1.54) is 12.1 Å². The van der Waals surface area contributed by atoms with E-state index < -0.39 is 17.7 Å². The van der Waals surface area contributed by atoms with E-state index in [2.05, 4.69) is 30.9 Å². The van der Waals surface area contributed by atoms with E-state index in [1.807, 2.05) is 0 Å². The molecule has 0 unspecified atom stereocenters. The van der Waals surface area contributed by atoms with Crippen LogP contribution in [0, 0.1) is 11.7 Å². The van der Waals surface area contributed by atoms with Gasteiger partial charge in [0.05, 0.1) is 27.9 Å². The first-order chi connectivity index (χ1) is 14.7. The molecule has 4 rings (SSSR count). The van der Waals surface area contributed by atoms with Gasteiger partial charge in [-0.2, -0.15) is 18.3 Å². The molecule has 8 nitrogen and oxygen atoms in total. The standard InChI is InChI=1S/C18H14ClF4N7O/c1-8(2)7-30-16(18(21,22)23)9(6-24-30)15-13(17-25-28-29-26-17)14(27-31-15)12-10(19)4-3-5-11(12)20/h3-6,8H,7H2,1-2H3,(H,25,26,28,29). The van der Waals surface area contributed by atoms with Gasteiger partial charge in [0, 0.05) is 6.54 Å². The number of nitrogens with zero attached hydrogens (tertiary/aromatic N) is 6. The Balaban J connectivity index is 2.00. The average molecular weight is 456 g/mol. The molecule has 3 heterocycles. The highest BCUT2D eigenvalue weighted by Crippen LogP contribution is 2.45. The number of alkyl halides is 3. The maximum absolute atomic E-state index is 14.6. The van der Waals surface area contributed by atoms with Crippen LogP contribution in [-0.2, 0) is 12.7 Å². The lowest BCUT2D eigenvalue weighted by Crippen LogP contribution is -2.18. The molecule has 1 aromatic carbocycles. The van der Waals surface area contributed by atoms with Crippen molar-refractivity contribution < 1.29 is 22.1 Å². The summed E-state index contributed by atoms with van der Waals surface area (Å²) in [7, 11) is 0. The maximum Gasteiger partial charge on any atom is 0.433 e. The zero-order valence-corrected chi connectivity index (χ0v) is 16.8. The second-order valence-electron chi connectivity index (χ2n) is 7.06. The Bertz CT molecular complexity index is 1190. The number of nitrogens with one attached hydrogen (secondary N) is 1. The summed E-state index contributed by atoms with van der Waals surface area (Å²) in [6, 6.07) is 3.94. The fourth-order valence-electron chi connectivity index (χ4n) is 3.19. The molecule has 3 aromatic heterocycles. The number of hydrogen-bond donors (Lipinski definition) is 1. The minimum Gasteiger partial charge on any atom is -0.355 e. The number of benzene rings is 1. The van der Waals surface area contributed by atoms with Crippen molar-refractivity contribution in [2.24, 2.45) is 5.92 Å². The normalized spacial score (nSPS) is 12.1. The molecule has 1 N–H and O–H groups in total. The van der Waals surface area contributed by atoms with E-state index in [9.17, 15) is 17.6 Å². The molecule has 0 radical (unpaired) electrons. The Morgan fingerprint density at radius 3 is 2.61 bits per heavy atom. The smallest absolute Gasteiger partial charge is 0.355 e. The summed E-state index contributed by atoms with van der Waals surface area (Å²) < 4.78 is 62.6. The summed E-state index contributed by atoms with van der Waals surface area (Å²) in [5.41, 5.74) is -1.80. The van der Waals surface area contributed by atoms with E-state index in [0.29, 0.717) is 0 Å². The number of H-pyrrole nitrogens is 1. The second-order valence-corrected chi connectivity index (χ2v) is 7.47. The lowest BCUT2D eigenvalue weighted by atomic mass is 10.0. The van der Waals surface area contributed by atoms with Crippen LogP contribution in [0.4, 0.5) is 17.6 Å². The van der Waals surface area contributed by atoms with Crippen LogP contribution < -0.4 is 0 Å². The van der Waals surface area contributed by atoms with E-state index in [4.69, 9.17) is 16.1 Å². The van der Waals surface area contributed by atoms with Crippen LogP contribution in [-0.4, -0.2) is 35.6 Å². The fourth-order valence-corrected chi connectivity index (χ4v) is 3.44. The monoisotopic (exact) mass is 455 g/mol. The molecule has 0 atom stereocenters. The summed E-state index contributed by atoms with van der Waals surface area (Å²) >= 11 is 6.14. The fraction of sp³-hybridized carbons (Fsp3) is 0.278. The van der Waals surface area contributed by atoms with Crippen LogP contribution in [0.15, 0.2) is 28.9 Å². The Kier molecular flexibility index (Phi) is 5.25. The van der Waals surface area contributed by atoms with Gasteiger partial charge in [0.15, 0.2) is 17.3 Å². The summed E-state index contributed by atoms with van der Waals surface area (Å²) in [6.07, 6.45) is -3.73. The average Bonchev–Trinajstić information content (AvgIpc) is 3.38. The molecular weight excluding hydrogens is 442 g/mol. The Labute approximate surface area is 177 Å². The van der Waals surface area contributed by atoms with E-state index in [1.54, 1.807) is 13.8 Å². The molecule has 0 saturated heterocycles. The first kappa shape index (κ1) is 21.0. The van der Waals surface area contributed by atoms with Gasteiger partial charge < -0.3 is 4.52 Å². The summed E-state index contributed by atoms with van der Waals surface area (Å²) in [6.45, 7) is 3.55. The zero-order chi connectivity index (χ0) is 22.3. The lowest BCUT2D eigenvalue weighted by Gasteiger charge is -2.13. The van der Waals surface area contributed by atoms with Crippen molar-refractivity contribution in [1.82, 2.24) is 35.6 Å². The van der Waals surface area contributed by atoms with Crippen molar-refractivity contribution in [1.29, 1.82) is 0 Å². The van der Waals surface area contributed by atoms with Gasteiger partial charge in [0.25, 0.3) is 0 Å². The quantitative estimate of drug-likeness (QED) is 0.432. The highest BCUT2D eigenvalue weighted by atomic mass is 35.5. The van der Waals surface area contributed by atoms with Gasteiger partial charge in [-0.05, 0) is 28.5 Å². The number of rotatable bonds is 5. The van der Waals surface area contributed by atoms with Crippen molar-refractivity contribution in [3.63, 3.8) is 0 Å². The molecule has 162 valence electrons. The molecular formula is C18H14ClF4N7O. The van der Waals surface area contributed by atoms with Gasteiger partial charge >= 0.3 is 6.18 Å². The number of hydrogen-bond acceptors (Lipinski definition) is 6. The molecule has 0 aliphatic heterocycles. The van der Waals surface area contributed by atoms with Gasteiger partial charge in [0.1, 0.15) is 11.5 Å². The van der Waals surface area contributed by atoms with Crippen LogP contribution in [0.5, 0.6) is 0 Å². The molecule has 0 bridgehead atoms. The van der Waals surface area contributed by atoms with Crippen LogP contribution in [0.1, 0.15) is 19.5 Å². The predicted molar refractivity (Wildman–Crippen MR) is 101 cm³/mol. The largest absolute Gasteiger partial charge is 0.433 e. The van der Waals surface area contributed by atoms with Crippen LogP contribution in [0.25, 0.3) is 34.0 Å².